The van der Waals surface area contributed by atoms with Crippen LogP contribution in [-0.4, -0.2) is 16.2 Å². The second-order valence-electron chi connectivity index (χ2n) is 6.17. The molecule has 132 valence electrons. The van der Waals surface area contributed by atoms with Crippen LogP contribution >= 0.6 is 15.9 Å². The van der Waals surface area contributed by atoms with Crippen LogP contribution in [0.1, 0.15) is 11.1 Å². The maximum Gasteiger partial charge on any atom is 0.244 e. The number of aromatic nitrogens is 2. The molecule has 3 aromatic carbocycles. The smallest absolute Gasteiger partial charge is 0.244 e. The first kappa shape index (κ1) is 17.4. The first-order valence-corrected chi connectivity index (χ1v) is 9.37. The summed E-state index contributed by atoms with van der Waals surface area (Å²) in [6.45, 7) is 2.08. The summed E-state index contributed by atoms with van der Waals surface area (Å²) in [5.41, 5.74) is 7.96. The molecule has 0 radical (unpaired) electrons. The van der Waals surface area contributed by atoms with Crippen LogP contribution in [0.15, 0.2) is 82.4 Å². The molecule has 0 atom stereocenters. The van der Waals surface area contributed by atoms with Crippen LogP contribution in [0.3, 0.4) is 0 Å². The Morgan fingerprint density at radius 2 is 1.74 bits per heavy atom. The van der Waals surface area contributed by atoms with Gasteiger partial charge in [-0.25, -0.2) is 15.4 Å². The molecule has 0 fully saturated rings. The van der Waals surface area contributed by atoms with E-state index in [1.54, 1.807) is 6.21 Å². The number of anilines is 1. The van der Waals surface area contributed by atoms with E-state index in [9.17, 15) is 0 Å². The largest absolute Gasteiger partial charge is 0.245 e. The van der Waals surface area contributed by atoms with Gasteiger partial charge in [-0.05, 0) is 25.1 Å². The van der Waals surface area contributed by atoms with Crippen molar-refractivity contribution in [2.24, 2.45) is 5.10 Å². The molecular weight excluding hydrogens is 400 g/mol. The van der Waals surface area contributed by atoms with Gasteiger partial charge in [-0.3, -0.25) is 0 Å². The van der Waals surface area contributed by atoms with E-state index in [-0.39, 0.29) is 0 Å². The van der Waals surface area contributed by atoms with Crippen LogP contribution in [-0.2, 0) is 0 Å². The van der Waals surface area contributed by atoms with Crippen LogP contribution in [0, 0.1) is 6.92 Å². The third-order valence-electron chi connectivity index (χ3n) is 4.17. The van der Waals surface area contributed by atoms with E-state index in [1.807, 2.05) is 54.6 Å². The quantitative estimate of drug-likeness (QED) is 0.337. The molecule has 0 aliphatic rings. The van der Waals surface area contributed by atoms with Gasteiger partial charge in [-0.1, -0.05) is 76.1 Å². The number of para-hydroxylation sites is 1. The summed E-state index contributed by atoms with van der Waals surface area (Å²) in [4.78, 5) is 9.31. The average molecular weight is 417 g/mol. The van der Waals surface area contributed by atoms with Crippen LogP contribution in [0.25, 0.3) is 22.2 Å². The van der Waals surface area contributed by atoms with Crippen molar-refractivity contribution in [2.75, 3.05) is 5.43 Å². The van der Waals surface area contributed by atoms with Gasteiger partial charge in [0.25, 0.3) is 0 Å². The minimum atomic E-state index is 0.466. The zero-order valence-electron chi connectivity index (χ0n) is 14.7. The molecule has 4 rings (SSSR count). The summed E-state index contributed by atoms with van der Waals surface area (Å²) >= 11 is 3.51. The summed E-state index contributed by atoms with van der Waals surface area (Å²) < 4.78 is 0.982. The summed E-state index contributed by atoms with van der Waals surface area (Å²) in [5, 5.41) is 5.32. The number of halogens is 1. The van der Waals surface area contributed by atoms with E-state index in [0.29, 0.717) is 5.95 Å². The number of hydrogen-bond acceptors (Lipinski definition) is 4. The fourth-order valence-electron chi connectivity index (χ4n) is 2.88. The zero-order valence-corrected chi connectivity index (χ0v) is 16.3. The second-order valence-corrected chi connectivity index (χ2v) is 7.03. The molecule has 0 aliphatic heterocycles. The number of nitrogens with one attached hydrogen (secondary N) is 1. The highest BCUT2D eigenvalue weighted by Crippen LogP contribution is 2.27. The number of hydrazone groups is 1. The molecule has 0 amide bonds. The molecule has 0 saturated carbocycles. The molecule has 0 bridgehead atoms. The molecule has 1 N–H and O–H groups in total. The molecule has 5 heteroatoms. The Morgan fingerprint density at radius 3 is 2.59 bits per heavy atom. The predicted octanol–water partition coefficient (Wildman–Crippen LogP) is 5.81. The summed E-state index contributed by atoms with van der Waals surface area (Å²) in [6.07, 6.45) is 1.75. The lowest BCUT2D eigenvalue weighted by molar-refractivity contribution is 1.15. The molecule has 27 heavy (non-hydrogen) atoms. The number of nitrogens with zero attached hydrogens (tertiary/aromatic N) is 3. The van der Waals surface area contributed by atoms with Gasteiger partial charge < -0.3 is 0 Å². The van der Waals surface area contributed by atoms with Crippen LogP contribution in [0.2, 0.25) is 0 Å². The normalized spacial score (nSPS) is 11.2. The molecular formula is C22H17BrN4. The maximum atomic E-state index is 4.72. The molecule has 1 heterocycles. The Kier molecular flexibility index (Phi) is 4.94. The lowest BCUT2D eigenvalue weighted by atomic mass is 10.0. The van der Waals surface area contributed by atoms with Gasteiger partial charge in [0.2, 0.25) is 5.95 Å². The Labute approximate surface area is 166 Å². The van der Waals surface area contributed by atoms with Gasteiger partial charge in [-0.15, -0.1) is 0 Å². The van der Waals surface area contributed by atoms with E-state index in [4.69, 9.17) is 4.98 Å². The number of rotatable bonds is 4. The van der Waals surface area contributed by atoms with Crippen molar-refractivity contribution >= 4 is 39.0 Å². The van der Waals surface area contributed by atoms with Gasteiger partial charge in [0.15, 0.2) is 0 Å². The number of benzene rings is 3. The van der Waals surface area contributed by atoms with Gasteiger partial charge in [0.05, 0.1) is 17.4 Å². The monoisotopic (exact) mass is 416 g/mol. The van der Waals surface area contributed by atoms with Gasteiger partial charge in [0.1, 0.15) is 0 Å². The Morgan fingerprint density at radius 1 is 0.926 bits per heavy atom. The van der Waals surface area contributed by atoms with Crippen molar-refractivity contribution in [3.05, 3.63) is 88.4 Å². The van der Waals surface area contributed by atoms with Gasteiger partial charge in [-0.2, -0.15) is 5.10 Å². The third-order valence-corrected chi connectivity index (χ3v) is 4.89. The van der Waals surface area contributed by atoms with E-state index < -0.39 is 0 Å². The summed E-state index contributed by atoms with van der Waals surface area (Å²) in [5.74, 6) is 0.466. The molecule has 1 aromatic heterocycles. The van der Waals surface area contributed by atoms with Crippen molar-refractivity contribution in [2.45, 2.75) is 6.92 Å². The molecule has 0 aliphatic carbocycles. The molecule has 4 aromatic rings. The fourth-order valence-corrected chi connectivity index (χ4v) is 3.27. The maximum absolute atomic E-state index is 4.72. The standard InChI is InChI=1S/C22H17BrN4/c1-15-7-6-9-16(13-15)21-18-10-3-5-12-20(18)25-22(26-21)27-24-14-17-8-2-4-11-19(17)23/h2-14H,1H3,(H,25,26,27)/b24-14+. The molecule has 0 saturated heterocycles. The first-order chi connectivity index (χ1) is 13.2. The van der Waals surface area contributed by atoms with Crippen molar-refractivity contribution in [3.63, 3.8) is 0 Å². The van der Waals surface area contributed by atoms with Crippen LogP contribution < -0.4 is 5.43 Å². The first-order valence-electron chi connectivity index (χ1n) is 8.58. The van der Waals surface area contributed by atoms with E-state index in [1.165, 1.54) is 5.56 Å². The number of hydrogen-bond donors (Lipinski definition) is 1. The lowest BCUT2D eigenvalue weighted by Crippen LogP contribution is -2.00. The van der Waals surface area contributed by atoms with Crippen LogP contribution in [0.4, 0.5) is 5.95 Å². The molecule has 0 spiro atoms. The average Bonchev–Trinajstić information content (AvgIpc) is 2.69. The van der Waals surface area contributed by atoms with E-state index in [0.717, 1.165) is 32.2 Å². The van der Waals surface area contributed by atoms with Gasteiger partial charge >= 0.3 is 0 Å². The molecule has 0 unspecified atom stereocenters. The Bertz CT molecular complexity index is 1140. The Balaban J connectivity index is 1.73. The van der Waals surface area contributed by atoms with Crippen molar-refractivity contribution in [1.82, 2.24) is 9.97 Å². The fraction of sp³-hybridized carbons (Fsp3) is 0.0455. The summed E-state index contributed by atoms with van der Waals surface area (Å²) in [6, 6.07) is 24.2. The molecule has 4 nitrogen and oxygen atoms in total. The SMILES string of the molecule is Cc1cccc(-c2nc(N/N=C/c3ccccc3Br)nc3ccccc23)c1. The Hall–Kier alpha value is -3.05. The number of fused-ring (bicyclic) bond motifs is 1. The second kappa shape index (κ2) is 7.68. The third kappa shape index (κ3) is 3.88. The topological polar surface area (TPSA) is 50.2 Å². The van der Waals surface area contributed by atoms with E-state index in [2.05, 4.69) is 56.6 Å². The van der Waals surface area contributed by atoms with Crippen molar-refractivity contribution < 1.29 is 0 Å². The highest BCUT2D eigenvalue weighted by atomic mass is 79.9. The minimum absolute atomic E-state index is 0.466. The number of aryl methyl sites for hydroxylation is 1. The zero-order chi connectivity index (χ0) is 18.6. The van der Waals surface area contributed by atoms with Crippen LogP contribution in [0.5, 0.6) is 0 Å². The van der Waals surface area contributed by atoms with Gasteiger partial charge in [0, 0.05) is 21.0 Å². The minimum Gasteiger partial charge on any atom is -0.245 e. The van der Waals surface area contributed by atoms with E-state index >= 15 is 0 Å². The summed E-state index contributed by atoms with van der Waals surface area (Å²) in [7, 11) is 0. The lowest BCUT2D eigenvalue weighted by Gasteiger charge is -2.09. The van der Waals surface area contributed by atoms with Crippen molar-refractivity contribution in [3.8, 4) is 11.3 Å². The predicted molar refractivity (Wildman–Crippen MR) is 115 cm³/mol. The highest BCUT2D eigenvalue weighted by molar-refractivity contribution is 9.10. The highest BCUT2D eigenvalue weighted by Gasteiger charge is 2.09. The van der Waals surface area contributed by atoms with Crippen molar-refractivity contribution in [1.29, 1.82) is 0 Å².